The molecule has 0 saturated carbocycles. The summed E-state index contributed by atoms with van der Waals surface area (Å²) in [5, 5.41) is 7.43. The molecule has 0 aromatic carbocycles. The van der Waals surface area contributed by atoms with Crippen molar-refractivity contribution in [3.05, 3.63) is 17.5 Å². The standard InChI is InChI=1S/C16H29N5O/c1-14-13-15(2)21(18-14)11-6-8-19(3)16(22)17-7-12-20-9-4-5-10-20/h13H,4-12H2,1-3H3,(H,17,22). The Morgan fingerprint density at radius 1 is 1.32 bits per heavy atom. The van der Waals surface area contributed by atoms with Crippen LogP contribution < -0.4 is 5.32 Å². The summed E-state index contributed by atoms with van der Waals surface area (Å²) in [6, 6.07) is 2.10. The number of urea groups is 1. The van der Waals surface area contributed by atoms with Crippen molar-refractivity contribution in [3.8, 4) is 0 Å². The molecule has 2 amide bonds. The minimum atomic E-state index is 0.0209. The molecule has 1 aromatic rings. The average molecular weight is 307 g/mol. The first-order chi connectivity index (χ1) is 10.6. The zero-order valence-electron chi connectivity index (χ0n) is 14.1. The molecule has 1 aliphatic heterocycles. The van der Waals surface area contributed by atoms with Gasteiger partial charge < -0.3 is 15.1 Å². The number of rotatable bonds is 7. The first kappa shape index (κ1) is 16.8. The van der Waals surface area contributed by atoms with Gasteiger partial charge in [0.05, 0.1) is 5.69 Å². The van der Waals surface area contributed by atoms with Crippen LogP contribution in [0, 0.1) is 13.8 Å². The minimum absolute atomic E-state index is 0.0209. The van der Waals surface area contributed by atoms with E-state index < -0.39 is 0 Å². The second-order valence-electron chi connectivity index (χ2n) is 6.21. The second-order valence-corrected chi connectivity index (χ2v) is 6.21. The van der Waals surface area contributed by atoms with Gasteiger partial charge in [0.2, 0.25) is 0 Å². The van der Waals surface area contributed by atoms with E-state index in [9.17, 15) is 4.79 Å². The fraction of sp³-hybridized carbons (Fsp3) is 0.750. The molecule has 0 unspecified atom stereocenters. The highest BCUT2D eigenvalue weighted by Gasteiger charge is 2.12. The third-order valence-corrected chi connectivity index (χ3v) is 4.22. The van der Waals surface area contributed by atoms with E-state index >= 15 is 0 Å². The van der Waals surface area contributed by atoms with Gasteiger partial charge in [-0.3, -0.25) is 4.68 Å². The Kier molecular flexibility index (Phi) is 6.24. The lowest BCUT2D eigenvalue weighted by atomic mass is 10.3. The summed E-state index contributed by atoms with van der Waals surface area (Å²) in [5.74, 6) is 0. The highest BCUT2D eigenvalue weighted by molar-refractivity contribution is 5.73. The number of carbonyl (C=O) groups excluding carboxylic acids is 1. The smallest absolute Gasteiger partial charge is 0.317 e. The topological polar surface area (TPSA) is 53.4 Å². The molecule has 124 valence electrons. The molecule has 1 fully saturated rings. The van der Waals surface area contributed by atoms with Crippen molar-refractivity contribution < 1.29 is 4.79 Å². The quantitative estimate of drug-likeness (QED) is 0.833. The lowest BCUT2D eigenvalue weighted by molar-refractivity contribution is 0.205. The molecule has 0 atom stereocenters. The maximum Gasteiger partial charge on any atom is 0.317 e. The highest BCUT2D eigenvalue weighted by atomic mass is 16.2. The van der Waals surface area contributed by atoms with Crippen LogP contribution in [0.1, 0.15) is 30.7 Å². The van der Waals surface area contributed by atoms with Crippen molar-refractivity contribution in [1.29, 1.82) is 0 Å². The third kappa shape index (κ3) is 5.02. The Hall–Kier alpha value is -1.56. The van der Waals surface area contributed by atoms with E-state index in [0.717, 1.165) is 38.3 Å². The lowest BCUT2D eigenvalue weighted by Crippen LogP contribution is -2.41. The summed E-state index contributed by atoms with van der Waals surface area (Å²) in [5.41, 5.74) is 2.22. The van der Waals surface area contributed by atoms with Crippen molar-refractivity contribution in [2.75, 3.05) is 39.8 Å². The highest BCUT2D eigenvalue weighted by Crippen LogP contribution is 2.05. The third-order valence-electron chi connectivity index (χ3n) is 4.22. The molecule has 22 heavy (non-hydrogen) atoms. The second kappa shape index (κ2) is 8.17. The number of hydrogen-bond donors (Lipinski definition) is 1. The van der Waals surface area contributed by atoms with Gasteiger partial charge in [-0.2, -0.15) is 5.10 Å². The Morgan fingerprint density at radius 3 is 2.68 bits per heavy atom. The predicted octanol–water partition coefficient (Wildman–Crippen LogP) is 1.63. The molecule has 1 aliphatic rings. The van der Waals surface area contributed by atoms with Crippen LogP contribution in [0.5, 0.6) is 0 Å². The minimum Gasteiger partial charge on any atom is -0.337 e. The van der Waals surface area contributed by atoms with Crippen LogP contribution in [0.2, 0.25) is 0 Å². The molecule has 0 radical (unpaired) electrons. The van der Waals surface area contributed by atoms with Gasteiger partial charge in [0.25, 0.3) is 0 Å². The van der Waals surface area contributed by atoms with Crippen molar-refractivity contribution in [2.24, 2.45) is 0 Å². The summed E-state index contributed by atoms with van der Waals surface area (Å²) < 4.78 is 2.01. The molecular formula is C16H29N5O. The molecule has 6 heteroatoms. The van der Waals surface area contributed by atoms with Crippen LogP contribution in [-0.2, 0) is 6.54 Å². The molecule has 0 aliphatic carbocycles. The fourth-order valence-corrected chi connectivity index (χ4v) is 2.92. The molecule has 6 nitrogen and oxygen atoms in total. The van der Waals surface area contributed by atoms with E-state index in [1.165, 1.54) is 31.6 Å². The Morgan fingerprint density at radius 2 is 2.05 bits per heavy atom. The summed E-state index contributed by atoms with van der Waals surface area (Å²) >= 11 is 0. The lowest BCUT2D eigenvalue weighted by Gasteiger charge is -2.20. The number of hydrogen-bond acceptors (Lipinski definition) is 3. The van der Waals surface area contributed by atoms with Gasteiger partial charge in [0, 0.05) is 38.9 Å². The van der Waals surface area contributed by atoms with Crippen LogP contribution in [0.4, 0.5) is 4.79 Å². The summed E-state index contributed by atoms with van der Waals surface area (Å²) in [4.78, 5) is 16.2. The van der Waals surface area contributed by atoms with Crippen LogP contribution in [0.15, 0.2) is 6.07 Å². The van der Waals surface area contributed by atoms with Crippen molar-refractivity contribution in [2.45, 2.75) is 39.7 Å². The van der Waals surface area contributed by atoms with Crippen LogP contribution in [0.3, 0.4) is 0 Å². The summed E-state index contributed by atoms with van der Waals surface area (Å²) in [6.45, 7) is 9.71. The Labute approximate surface area is 133 Å². The number of nitrogens with zero attached hydrogens (tertiary/aromatic N) is 4. The molecule has 1 N–H and O–H groups in total. The van der Waals surface area contributed by atoms with Gasteiger partial charge >= 0.3 is 6.03 Å². The van der Waals surface area contributed by atoms with E-state index in [1.54, 1.807) is 4.90 Å². The van der Waals surface area contributed by atoms with E-state index in [1.807, 2.05) is 18.7 Å². The average Bonchev–Trinajstić information content (AvgIpc) is 3.09. The van der Waals surface area contributed by atoms with Gasteiger partial charge in [-0.05, 0) is 52.3 Å². The summed E-state index contributed by atoms with van der Waals surface area (Å²) in [7, 11) is 1.85. The maximum atomic E-state index is 12.0. The fourth-order valence-electron chi connectivity index (χ4n) is 2.92. The van der Waals surface area contributed by atoms with Gasteiger partial charge in [-0.25, -0.2) is 4.79 Å². The number of aryl methyl sites for hydroxylation is 3. The molecule has 2 rings (SSSR count). The van der Waals surface area contributed by atoms with Crippen LogP contribution in [-0.4, -0.2) is 65.4 Å². The van der Waals surface area contributed by atoms with Gasteiger partial charge in [-0.1, -0.05) is 0 Å². The molecular weight excluding hydrogens is 278 g/mol. The molecule has 0 spiro atoms. The summed E-state index contributed by atoms with van der Waals surface area (Å²) in [6.07, 6.45) is 3.50. The largest absolute Gasteiger partial charge is 0.337 e. The number of carbonyl (C=O) groups is 1. The van der Waals surface area contributed by atoms with Crippen molar-refractivity contribution in [1.82, 2.24) is 24.9 Å². The number of amides is 2. The first-order valence-corrected chi connectivity index (χ1v) is 8.28. The number of aromatic nitrogens is 2. The van der Waals surface area contributed by atoms with E-state index in [0.29, 0.717) is 0 Å². The van der Waals surface area contributed by atoms with Gasteiger partial charge in [0.15, 0.2) is 0 Å². The Bertz CT molecular complexity index is 479. The van der Waals surface area contributed by atoms with E-state index in [-0.39, 0.29) is 6.03 Å². The van der Waals surface area contributed by atoms with Crippen LogP contribution >= 0.6 is 0 Å². The maximum absolute atomic E-state index is 12.0. The monoisotopic (exact) mass is 307 g/mol. The molecule has 0 bridgehead atoms. The van der Waals surface area contributed by atoms with E-state index in [2.05, 4.69) is 28.3 Å². The molecule has 1 aromatic heterocycles. The van der Waals surface area contributed by atoms with Crippen molar-refractivity contribution in [3.63, 3.8) is 0 Å². The zero-order valence-corrected chi connectivity index (χ0v) is 14.1. The molecule has 2 heterocycles. The van der Waals surface area contributed by atoms with Crippen LogP contribution in [0.25, 0.3) is 0 Å². The number of nitrogens with one attached hydrogen (secondary N) is 1. The zero-order chi connectivity index (χ0) is 15.9. The Balaban J connectivity index is 1.60. The number of likely N-dealkylation sites (tertiary alicyclic amines) is 1. The first-order valence-electron chi connectivity index (χ1n) is 8.28. The van der Waals surface area contributed by atoms with Crippen molar-refractivity contribution >= 4 is 6.03 Å². The molecule has 1 saturated heterocycles. The normalized spacial score (nSPS) is 15.2. The van der Waals surface area contributed by atoms with Gasteiger partial charge in [0.1, 0.15) is 0 Å². The predicted molar refractivity (Wildman–Crippen MR) is 88.0 cm³/mol. The SMILES string of the molecule is Cc1cc(C)n(CCCN(C)C(=O)NCCN2CCCC2)n1. The van der Waals surface area contributed by atoms with E-state index in [4.69, 9.17) is 0 Å². The van der Waals surface area contributed by atoms with Gasteiger partial charge in [-0.15, -0.1) is 0 Å².